The second kappa shape index (κ2) is 7.09. The number of para-hydroxylation sites is 1. The summed E-state index contributed by atoms with van der Waals surface area (Å²) in [5.74, 6) is 0.0326. The van der Waals surface area contributed by atoms with E-state index in [2.05, 4.69) is 49.5 Å². The normalized spacial score (nSPS) is 11.5. The molecule has 1 amide bonds. The number of aromatic nitrogens is 5. The molecule has 5 rings (SSSR count). The van der Waals surface area contributed by atoms with E-state index in [9.17, 15) is 4.79 Å². The number of amides is 1. The lowest BCUT2D eigenvalue weighted by Gasteiger charge is -2.00. The van der Waals surface area contributed by atoms with Gasteiger partial charge in [-0.3, -0.25) is 4.79 Å². The lowest BCUT2D eigenvalue weighted by Crippen LogP contribution is -2.14. The molecule has 0 fully saturated rings. The monoisotopic (exact) mass is 420 g/mol. The average Bonchev–Trinajstić information content (AvgIpc) is 3.26. The molecule has 29 heavy (non-hydrogen) atoms. The molecule has 0 aliphatic carbocycles. The maximum absolute atomic E-state index is 12.4. The van der Waals surface area contributed by atoms with Crippen LogP contribution in [-0.2, 0) is 4.79 Å². The molecule has 0 bridgehead atoms. The number of carbonyl (C=O) groups is 1. The van der Waals surface area contributed by atoms with Crippen molar-refractivity contribution in [3.63, 3.8) is 0 Å². The molecule has 9 heteroatoms. The van der Waals surface area contributed by atoms with Crippen LogP contribution in [0.25, 0.3) is 32.3 Å². The highest BCUT2D eigenvalue weighted by Crippen LogP contribution is 2.29. The Hall–Kier alpha value is -3.04. The summed E-state index contributed by atoms with van der Waals surface area (Å²) in [6, 6.07) is 12.0. The van der Waals surface area contributed by atoms with Crippen LogP contribution in [0.4, 0.5) is 5.13 Å². The van der Waals surface area contributed by atoms with Gasteiger partial charge in [-0.2, -0.15) is 0 Å². The van der Waals surface area contributed by atoms with Gasteiger partial charge in [-0.1, -0.05) is 47.4 Å². The number of hydrogen-bond donors (Lipinski definition) is 2. The Kier molecular flexibility index (Phi) is 4.40. The first-order valence-electron chi connectivity index (χ1n) is 8.98. The van der Waals surface area contributed by atoms with Crippen molar-refractivity contribution in [3.05, 3.63) is 47.5 Å². The third kappa shape index (κ3) is 3.43. The number of thioether (sulfide) groups is 1. The summed E-state index contributed by atoms with van der Waals surface area (Å²) < 4.78 is 1.07. The van der Waals surface area contributed by atoms with Crippen LogP contribution in [0, 0.1) is 13.8 Å². The van der Waals surface area contributed by atoms with Crippen LogP contribution in [0.15, 0.2) is 41.6 Å². The predicted octanol–water partition coefficient (Wildman–Crippen LogP) is 4.46. The molecule has 2 aromatic carbocycles. The number of nitrogens with zero attached hydrogens (tertiary/aromatic N) is 4. The van der Waals surface area contributed by atoms with E-state index in [4.69, 9.17) is 0 Å². The molecule has 144 valence electrons. The average molecular weight is 421 g/mol. The lowest BCUT2D eigenvalue weighted by molar-refractivity contribution is -0.113. The van der Waals surface area contributed by atoms with Gasteiger partial charge in [0.2, 0.25) is 11.1 Å². The standard InChI is InChI=1S/C20H16N6OS2/c1-10-7-11(2)16-14(8-10)29-19(23-16)22-15(27)9-28-20-24-18-17(25-26-20)12-5-3-4-6-13(12)21-18/h3-8H,9H2,1-2H3,(H,21,24,26)(H,22,23,27). The maximum Gasteiger partial charge on any atom is 0.236 e. The second-order valence-electron chi connectivity index (χ2n) is 6.75. The van der Waals surface area contributed by atoms with Crippen molar-refractivity contribution in [1.29, 1.82) is 0 Å². The minimum atomic E-state index is -0.149. The summed E-state index contributed by atoms with van der Waals surface area (Å²) in [4.78, 5) is 24.6. The van der Waals surface area contributed by atoms with Crippen molar-refractivity contribution < 1.29 is 4.79 Å². The Labute approximate surface area is 174 Å². The maximum atomic E-state index is 12.4. The zero-order chi connectivity index (χ0) is 20.0. The van der Waals surface area contributed by atoms with Gasteiger partial charge in [-0.05, 0) is 37.1 Å². The third-order valence-electron chi connectivity index (χ3n) is 4.51. The van der Waals surface area contributed by atoms with Crippen molar-refractivity contribution in [3.8, 4) is 0 Å². The van der Waals surface area contributed by atoms with Crippen LogP contribution >= 0.6 is 23.1 Å². The molecule has 0 aliphatic rings. The van der Waals surface area contributed by atoms with Gasteiger partial charge >= 0.3 is 0 Å². The van der Waals surface area contributed by atoms with Gasteiger partial charge in [-0.15, -0.1) is 10.2 Å². The number of rotatable bonds is 4. The highest BCUT2D eigenvalue weighted by Gasteiger charge is 2.13. The van der Waals surface area contributed by atoms with E-state index < -0.39 is 0 Å². The van der Waals surface area contributed by atoms with Crippen LogP contribution in [0.3, 0.4) is 0 Å². The van der Waals surface area contributed by atoms with Crippen molar-refractivity contribution in [1.82, 2.24) is 25.1 Å². The second-order valence-corrected chi connectivity index (χ2v) is 8.72. The molecule has 2 N–H and O–H groups in total. The van der Waals surface area contributed by atoms with Crippen LogP contribution in [0.2, 0.25) is 0 Å². The van der Waals surface area contributed by atoms with Crippen molar-refractivity contribution >= 4 is 66.4 Å². The molecule has 0 atom stereocenters. The number of aromatic amines is 1. The van der Waals surface area contributed by atoms with Gasteiger partial charge in [0.15, 0.2) is 10.8 Å². The summed E-state index contributed by atoms with van der Waals surface area (Å²) in [6.07, 6.45) is 0. The quantitative estimate of drug-likeness (QED) is 0.417. The number of aryl methyl sites for hydroxylation is 2. The van der Waals surface area contributed by atoms with Gasteiger partial charge in [-0.25, -0.2) is 9.97 Å². The number of nitrogens with one attached hydrogen (secondary N) is 2. The number of H-pyrrole nitrogens is 1. The van der Waals surface area contributed by atoms with E-state index >= 15 is 0 Å². The number of anilines is 1. The minimum absolute atomic E-state index is 0.149. The van der Waals surface area contributed by atoms with Crippen LogP contribution in [-0.4, -0.2) is 36.8 Å². The molecule has 0 unspecified atom stereocenters. The SMILES string of the molecule is Cc1cc(C)c2nc(NC(=O)CSc3nnc4c(n3)[nH]c3ccccc34)sc2c1. The zero-order valence-corrected chi connectivity index (χ0v) is 17.3. The fraction of sp³-hybridized carbons (Fsp3) is 0.150. The summed E-state index contributed by atoms with van der Waals surface area (Å²) in [5, 5.41) is 13.3. The Balaban J connectivity index is 1.30. The molecule has 3 heterocycles. The predicted molar refractivity (Wildman–Crippen MR) is 118 cm³/mol. The molecule has 0 saturated carbocycles. The molecule has 0 aliphatic heterocycles. The molecule has 3 aromatic heterocycles. The van der Waals surface area contributed by atoms with E-state index in [0.29, 0.717) is 15.9 Å². The lowest BCUT2D eigenvalue weighted by atomic mass is 10.1. The van der Waals surface area contributed by atoms with Gasteiger partial charge < -0.3 is 10.3 Å². The molecule has 0 spiro atoms. The number of fused-ring (bicyclic) bond motifs is 4. The van der Waals surface area contributed by atoms with E-state index in [0.717, 1.165) is 32.2 Å². The number of hydrogen-bond acceptors (Lipinski definition) is 7. The largest absolute Gasteiger partial charge is 0.338 e. The van der Waals surface area contributed by atoms with Crippen LogP contribution in [0.5, 0.6) is 0 Å². The summed E-state index contributed by atoms with van der Waals surface area (Å²) in [5.41, 5.74) is 5.59. The summed E-state index contributed by atoms with van der Waals surface area (Å²) in [6.45, 7) is 4.08. The molecule has 7 nitrogen and oxygen atoms in total. The highest BCUT2D eigenvalue weighted by atomic mass is 32.2. The Morgan fingerprint density at radius 3 is 2.90 bits per heavy atom. The van der Waals surface area contributed by atoms with Gasteiger partial charge in [0.1, 0.15) is 5.52 Å². The van der Waals surface area contributed by atoms with Crippen molar-refractivity contribution in [2.45, 2.75) is 19.0 Å². The number of carbonyl (C=O) groups excluding carboxylic acids is 1. The fourth-order valence-corrected chi connectivity index (χ4v) is 4.92. The number of thiazole rings is 1. The highest BCUT2D eigenvalue weighted by molar-refractivity contribution is 7.99. The Bertz CT molecular complexity index is 1390. The Morgan fingerprint density at radius 1 is 1.14 bits per heavy atom. The molecule has 0 radical (unpaired) electrons. The Morgan fingerprint density at radius 2 is 2.00 bits per heavy atom. The molecular formula is C20H16N6OS2. The summed E-state index contributed by atoms with van der Waals surface area (Å²) >= 11 is 2.72. The first kappa shape index (κ1) is 18.0. The van der Waals surface area contributed by atoms with Crippen molar-refractivity contribution in [2.75, 3.05) is 11.1 Å². The molecule has 5 aromatic rings. The number of benzene rings is 2. The molecular weight excluding hydrogens is 404 g/mol. The third-order valence-corrected chi connectivity index (χ3v) is 6.27. The first-order chi connectivity index (χ1) is 14.1. The van der Waals surface area contributed by atoms with Gasteiger partial charge in [0.25, 0.3) is 0 Å². The van der Waals surface area contributed by atoms with Crippen LogP contribution in [0.1, 0.15) is 11.1 Å². The molecule has 0 saturated heterocycles. The van der Waals surface area contributed by atoms with Crippen LogP contribution < -0.4 is 5.32 Å². The van der Waals surface area contributed by atoms with Gasteiger partial charge in [0.05, 0.1) is 16.0 Å². The first-order valence-corrected chi connectivity index (χ1v) is 10.8. The summed E-state index contributed by atoms with van der Waals surface area (Å²) in [7, 11) is 0. The van der Waals surface area contributed by atoms with Gasteiger partial charge in [0, 0.05) is 10.9 Å². The van der Waals surface area contributed by atoms with E-state index in [1.165, 1.54) is 28.7 Å². The van der Waals surface area contributed by atoms with Crippen molar-refractivity contribution in [2.24, 2.45) is 0 Å². The minimum Gasteiger partial charge on any atom is -0.338 e. The van der Waals surface area contributed by atoms with E-state index in [-0.39, 0.29) is 11.7 Å². The smallest absolute Gasteiger partial charge is 0.236 e. The zero-order valence-electron chi connectivity index (χ0n) is 15.7. The van der Waals surface area contributed by atoms with E-state index in [1.54, 1.807) is 0 Å². The van der Waals surface area contributed by atoms with E-state index in [1.807, 2.05) is 31.2 Å². The fourth-order valence-electron chi connectivity index (χ4n) is 3.28. The topological polar surface area (TPSA) is 96.5 Å².